The molecule has 14 rings (SSSR count). The van der Waals surface area contributed by atoms with E-state index in [-0.39, 0.29) is 16.9 Å². The van der Waals surface area contributed by atoms with Gasteiger partial charge in [0.25, 0.3) is 0 Å². The second-order valence-electron chi connectivity index (χ2n) is 22.9. The van der Waals surface area contributed by atoms with E-state index in [1.54, 1.807) is 0 Å². The van der Waals surface area contributed by atoms with Crippen LogP contribution >= 0.6 is 0 Å². The van der Waals surface area contributed by atoms with Crippen LogP contribution in [0.25, 0.3) is 27.8 Å². The van der Waals surface area contributed by atoms with Gasteiger partial charge in [0.05, 0.1) is 6.04 Å². The summed E-state index contributed by atoms with van der Waals surface area (Å²) in [6.45, 7) is 9.45. The molecule has 10 aromatic carbocycles. The van der Waals surface area contributed by atoms with Crippen LogP contribution in [0, 0.1) is 0 Å². The van der Waals surface area contributed by atoms with E-state index in [1.165, 1.54) is 61.4 Å². The summed E-state index contributed by atoms with van der Waals surface area (Å²) in [6, 6.07) is 94.7. The second-order valence-corrected chi connectivity index (χ2v) is 22.9. The second kappa shape index (κ2) is 22.1. The molecule has 0 bridgehead atoms. The van der Waals surface area contributed by atoms with Crippen LogP contribution in [0.1, 0.15) is 69.2 Å². The fourth-order valence-corrected chi connectivity index (χ4v) is 12.9. The van der Waals surface area contributed by atoms with Crippen molar-refractivity contribution in [2.75, 3.05) is 20.0 Å². The summed E-state index contributed by atoms with van der Waals surface area (Å²) < 4.78 is 0. The van der Waals surface area contributed by atoms with E-state index in [9.17, 15) is 0 Å². The normalized spacial score (nSPS) is 15.7. The Balaban J connectivity index is 0.000000990. The lowest BCUT2D eigenvalue weighted by atomic mass is 9.80. The van der Waals surface area contributed by atoms with Crippen molar-refractivity contribution in [2.45, 2.75) is 63.8 Å². The Kier molecular flexibility index (Phi) is 14.0. The van der Waals surface area contributed by atoms with E-state index in [4.69, 9.17) is 0 Å². The summed E-state index contributed by atoms with van der Waals surface area (Å²) in [5.74, 6) is 0. The van der Waals surface area contributed by atoms with Crippen molar-refractivity contribution in [1.82, 2.24) is 0 Å². The molecule has 4 heteroatoms. The number of allylic oxidation sites excluding steroid dienone is 6. The molecule has 0 saturated carbocycles. The van der Waals surface area contributed by atoms with Crippen LogP contribution in [0.5, 0.6) is 0 Å². The number of fused-ring (bicyclic) bond motifs is 6. The highest BCUT2D eigenvalue weighted by molar-refractivity contribution is 5.92. The van der Waals surface area contributed by atoms with E-state index in [1.807, 2.05) is 36.4 Å². The lowest BCUT2D eigenvalue weighted by Crippen LogP contribution is -2.31. The predicted octanol–water partition coefficient (Wildman–Crippen LogP) is 21.1. The van der Waals surface area contributed by atoms with E-state index in [2.05, 4.69) is 303 Å². The van der Waals surface area contributed by atoms with Crippen molar-refractivity contribution in [2.24, 2.45) is 0 Å². The average Bonchev–Trinajstić information content (AvgIpc) is 2.71. The first-order valence-electron chi connectivity index (χ1n) is 29.0. The lowest BCUT2D eigenvalue weighted by molar-refractivity contribution is 0.648. The third-order valence-electron chi connectivity index (χ3n) is 17.1. The van der Waals surface area contributed by atoms with Crippen LogP contribution in [0.3, 0.4) is 0 Å². The first-order chi connectivity index (χ1) is 40.2. The van der Waals surface area contributed by atoms with Gasteiger partial charge in [-0.15, -0.1) is 0 Å². The minimum absolute atomic E-state index is 0.0381. The minimum atomic E-state index is -0.0644. The van der Waals surface area contributed by atoms with E-state index < -0.39 is 0 Å². The van der Waals surface area contributed by atoms with Crippen molar-refractivity contribution in [3.63, 3.8) is 0 Å². The van der Waals surface area contributed by atoms with Gasteiger partial charge >= 0.3 is 0 Å². The van der Waals surface area contributed by atoms with Crippen LogP contribution in [0.2, 0.25) is 0 Å². The molecule has 0 aromatic heterocycles. The Morgan fingerprint density at radius 2 is 0.841 bits per heavy atom. The van der Waals surface area contributed by atoms with Crippen LogP contribution in [-0.2, 0) is 10.8 Å². The van der Waals surface area contributed by atoms with Gasteiger partial charge in [-0.25, -0.2) is 0 Å². The zero-order chi connectivity index (χ0) is 55.6. The molecule has 4 aliphatic carbocycles. The van der Waals surface area contributed by atoms with E-state index in [0.717, 1.165) is 70.4 Å². The zero-order valence-corrected chi connectivity index (χ0v) is 47.3. The van der Waals surface area contributed by atoms with Crippen molar-refractivity contribution >= 4 is 56.8 Å². The Morgan fingerprint density at radius 1 is 0.402 bits per heavy atom. The smallest absolute Gasteiger partial charge is 0.0566 e. The van der Waals surface area contributed by atoms with Crippen LogP contribution in [0.4, 0.5) is 51.2 Å². The minimum Gasteiger partial charge on any atom is -0.359 e. The number of rotatable bonds is 12. The molecule has 0 radical (unpaired) electrons. The molecule has 82 heavy (non-hydrogen) atoms. The van der Waals surface area contributed by atoms with Crippen molar-refractivity contribution in [3.8, 4) is 22.3 Å². The molecule has 4 nitrogen and oxygen atoms in total. The number of hydrogen-bond acceptors (Lipinski definition) is 4. The van der Waals surface area contributed by atoms with Crippen LogP contribution in [-0.4, -0.2) is 6.04 Å². The van der Waals surface area contributed by atoms with Gasteiger partial charge < -0.3 is 20.0 Å². The molecule has 0 spiro atoms. The summed E-state index contributed by atoms with van der Waals surface area (Å²) in [4.78, 5) is 7.27. The number of nitrogens with zero attached hydrogens (tertiary/aromatic N) is 3. The number of benzene rings is 10. The van der Waals surface area contributed by atoms with Gasteiger partial charge in [0.15, 0.2) is 0 Å². The monoisotopic (exact) mass is 1060 g/mol. The Hall–Kier alpha value is -9.64. The molecule has 0 heterocycles. The topological polar surface area (TPSA) is 21.8 Å². The Bertz CT molecular complexity index is 3940. The lowest BCUT2D eigenvalue weighted by Gasteiger charge is -2.35. The van der Waals surface area contributed by atoms with Gasteiger partial charge in [-0.1, -0.05) is 204 Å². The molecule has 1 atom stereocenters. The molecular formula is C78H68N4. The molecule has 0 amide bonds. The van der Waals surface area contributed by atoms with Crippen LogP contribution < -0.4 is 20.0 Å². The molecular weight excluding hydrogens is 993 g/mol. The summed E-state index contributed by atoms with van der Waals surface area (Å²) >= 11 is 0. The molecule has 0 aliphatic heterocycles. The number of nitrogens with one attached hydrogen (secondary N) is 1. The van der Waals surface area contributed by atoms with Gasteiger partial charge in [-0.2, -0.15) is 0 Å². The fraction of sp³-hybridized carbons (Fsp3) is 0.128. The van der Waals surface area contributed by atoms with Gasteiger partial charge in [-0.3, -0.25) is 0 Å². The van der Waals surface area contributed by atoms with Gasteiger partial charge in [0.1, 0.15) is 0 Å². The molecule has 10 aromatic rings. The fourth-order valence-electron chi connectivity index (χ4n) is 12.9. The molecule has 1 N–H and O–H groups in total. The molecule has 0 fully saturated rings. The Morgan fingerprint density at radius 3 is 1.41 bits per heavy atom. The SMILES string of the molecule is CC1(C)C2=CCC(N(c3ccc(-c4ccc(N(c5ccc(NC6=CC=CCC6)cc5)c5ccc6c(c5)-c5ccccc5C6(C)C)cc4)cc3)c3ccc(N(c4ccccc4)c4ccccc4)cc3)C=C2c2ccccc21.c1ccccc1. The highest BCUT2D eigenvalue weighted by atomic mass is 15.2. The molecule has 4 aliphatic rings. The van der Waals surface area contributed by atoms with Gasteiger partial charge in [0.2, 0.25) is 0 Å². The van der Waals surface area contributed by atoms with Crippen molar-refractivity contribution in [3.05, 3.63) is 325 Å². The van der Waals surface area contributed by atoms with Crippen molar-refractivity contribution in [1.29, 1.82) is 0 Å². The van der Waals surface area contributed by atoms with E-state index >= 15 is 0 Å². The van der Waals surface area contributed by atoms with Crippen molar-refractivity contribution < 1.29 is 0 Å². The maximum Gasteiger partial charge on any atom is 0.0566 e. The third kappa shape index (κ3) is 9.96. The van der Waals surface area contributed by atoms with Crippen LogP contribution in [0.15, 0.2) is 303 Å². The van der Waals surface area contributed by atoms with Gasteiger partial charge in [0, 0.05) is 67.7 Å². The standard InChI is InChI=1S/C72H62N4.C6H6/c1-71(2)67-26-16-14-24-63(67)65-48-61(44-46-69(65)71)75(58-38-32-53(33-39-58)73-52-18-8-5-9-19-52)56-34-28-50(29-35-56)51-30-36-57(37-31-51)76(62-45-47-70-66(49-62)64-25-15-17-27-68(64)72(70,3)4)60-42-40-59(41-43-60)74(54-20-10-6-11-21-54)55-22-12-7-13-23-55;1-2-4-6-5-3-1/h5-8,10-18,20-44,46-49,62,73H,9,19,45H2,1-4H3;1-6H. The zero-order valence-electron chi connectivity index (χ0n) is 47.3. The van der Waals surface area contributed by atoms with Gasteiger partial charge in [-0.05, 0) is 190 Å². The molecule has 1 unspecified atom stereocenters. The largest absolute Gasteiger partial charge is 0.359 e. The quantitative estimate of drug-likeness (QED) is 0.132. The third-order valence-corrected chi connectivity index (χ3v) is 17.1. The number of para-hydroxylation sites is 2. The first-order valence-corrected chi connectivity index (χ1v) is 29.0. The number of hydrogen-bond donors (Lipinski definition) is 1. The van der Waals surface area contributed by atoms with E-state index in [0.29, 0.717) is 0 Å². The number of anilines is 9. The maximum atomic E-state index is 3.66. The summed E-state index contributed by atoms with van der Waals surface area (Å²) in [7, 11) is 0. The maximum absolute atomic E-state index is 3.66. The molecule has 400 valence electrons. The molecule has 0 saturated heterocycles. The highest BCUT2D eigenvalue weighted by Gasteiger charge is 2.40. The average molecular weight is 1060 g/mol. The highest BCUT2D eigenvalue weighted by Crippen LogP contribution is 2.53. The first kappa shape index (κ1) is 51.8. The summed E-state index contributed by atoms with van der Waals surface area (Å²) in [5.41, 5.74) is 24.5. The summed E-state index contributed by atoms with van der Waals surface area (Å²) in [5, 5.41) is 3.66. The predicted molar refractivity (Wildman–Crippen MR) is 348 cm³/mol. The summed E-state index contributed by atoms with van der Waals surface area (Å²) in [6.07, 6.45) is 14.6. The Labute approximate surface area is 485 Å².